The second kappa shape index (κ2) is 8.03. The minimum Gasteiger partial charge on any atom is -0.452 e. The van der Waals surface area contributed by atoms with E-state index >= 15 is 0 Å². The Morgan fingerprint density at radius 2 is 1.81 bits per heavy atom. The number of esters is 1. The zero-order chi connectivity index (χ0) is 19.6. The molecule has 0 spiro atoms. The standard InChI is InChI=1S/C21H27N3O3/c1-12-6-5-7-17(13(12)2)24-20(25)11-27-21(26)16-8-9-18-19(10-16)23-15(4)14(3)22-18/h8-10,12-13,17H,5-7,11H2,1-4H3,(H,24,25)/t12-,13-,17+/m0/s1. The summed E-state index contributed by atoms with van der Waals surface area (Å²) in [5.41, 5.74) is 3.42. The molecule has 1 fully saturated rings. The molecule has 1 saturated carbocycles. The lowest BCUT2D eigenvalue weighted by atomic mass is 9.78. The number of rotatable bonds is 4. The van der Waals surface area contributed by atoms with E-state index in [0.29, 0.717) is 22.9 Å². The molecule has 3 rings (SSSR count). The number of carbonyl (C=O) groups excluding carboxylic acids is 2. The monoisotopic (exact) mass is 369 g/mol. The molecule has 0 saturated heterocycles. The number of hydrogen-bond acceptors (Lipinski definition) is 5. The van der Waals surface area contributed by atoms with E-state index in [1.807, 2.05) is 13.8 Å². The molecule has 1 aliphatic carbocycles. The highest BCUT2D eigenvalue weighted by Gasteiger charge is 2.28. The second-order valence-electron chi connectivity index (χ2n) is 7.62. The Morgan fingerprint density at radius 1 is 1.11 bits per heavy atom. The van der Waals surface area contributed by atoms with Gasteiger partial charge in [0, 0.05) is 6.04 Å². The summed E-state index contributed by atoms with van der Waals surface area (Å²) in [7, 11) is 0. The quantitative estimate of drug-likeness (QED) is 0.836. The van der Waals surface area contributed by atoms with Crippen LogP contribution in [0.2, 0.25) is 0 Å². The van der Waals surface area contributed by atoms with Crippen LogP contribution in [0.3, 0.4) is 0 Å². The Labute approximate surface area is 159 Å². The molecular weight excluding hydrogens is 342 g/mol. The number of carbonyl (C=O) groups is 2. The lowest BCUT2D eigenvalue weighted by molar-refractivity contribution is -0.125. The lowest BCUT2D eigenvalue weighted by Crippen LogP contribution is -2.45. The Bertz CT molecular complexity index is 865. The molecule has 1 aliphatic rings. The third-order valence-electron chi connectivity index (χ3n) is 5.70. The average molecular weight is 369 g/mol. The Balaban J connectivity index is 1.59. The highest BCUT2D eigenvalue weighted by molar-refractivity contribution is 5.94. The fraction of sp³-hybridized carbons (Fsp3) is 0.524. The van der Waals surface area contributed by atoms with Crippen LogP contribution in [0.5, 0.6) is 0 Å². The first-order valence-electron chi connectivity index (χ1n) is 9.56. The largest absolute Gasteiger partial charge is 0.452 e. The summed E-state index contributed by atoms with van der Waals surface area (Å²) in [4.78, 5) is 33.4. The van der Waals surface area contributed by atoms with Crippen LogP contribution >= 0.6 is 0 Å². The van der Waals surface area contributed by atoms with Crippen LogP contribution in [0.4, 0.5) is 0 Å². The molecule has 1 aromatic heterocycles. The molecule has 0 radical (unpaired) electrons. The molecule has 1 N–H and O–H groups in total. The summed E-state index contributed by atoms with van der Waals surface area (Å²) in [6.07, 6.45) is 3.30. The zero-order valence-electron chi connectivity index (χ0n) is 16.4. The van der Waals surface area contributed by atoms with Crippen molar-refractivity contribution in [3.05, 3.63) is 35.2 Å². The van der Waals surface area contributed by atoms with Crippen molar-refractivity contribution in [2.75, 3.05) is 6.61 Å². The van der Waals surface area contributed by atoms with E-state index in [-0.39, 0.29) is 18.6 Å². The number of aryl methyl sites for hydroxylation is 2. The average Bonchev–Trinajstić information content (AvgIpc) is 2.64. The van der Waals surface area contributed by atoms with E-state index in [1.165, 1.54) is 6.42 Å². The number of amides is 1. The number of nitrogens with zero attached hydrogens (tertiary/aromatic N) is 2. The normalized spacial score (nSPS) is 22.4. The smallest absolute Gasteiger partial charge is 0.338 e. The first-order valence-corrected chi connectivity index (χ1v) is 9.56. The van der Waals surface area contributed by atoms with Crippen molar-refractivity contribution in [1.82, 2.24) is 15.3 Å². The van der Waals surface area contributed by atoms with Crippen molar-refractivity contribution in [1.29, 1.82) is 0 Å². The van der Waals surface area contributed by atoms with Gasteiger partial charge in [0.15, 0.2) is 6.61 Å². The molecule has 1 heterocycles. The van der Waals surface area contributed by atoms with E-state index < -0.39 is 5.97 Å². The number of nitrogens with one attached hydrogen (secondary N) is 1. The molecule has 144 valence electrons. The first-order chi connectivity index (χ1) is 12.8. The fourth-order valence-corrected chi connectivity index (χ4v) is 3.61. The summed E-state index contributed by atoms with van der Waals surface area (Å²) >= 11 is 0. The van der Waals surface area contributed by atoms with Gasteiger partial charge in [-0.3, -0.25) is 4.79 Å². The van der Waals surface area contributed by atoms with Crippen molar-refractivity contribution >= 4 is 22.9 Å². The number of hydrogen-bond donors (Lipinski definition) is 1. The molecule has 1 aromatic carbocycles. The molecule has 6 heteroatoms. The van der Waals surface area contributed by atoms with Crippen LogP contribution in [0.25, 0.3) is 11.0 Å². The van der Waals surface area contributed by atoms with Gasteiger partial charge in [0.25, 0.3) is 5.91 Å². The van der Waals surface area contributed by atoms with Gasteiger partial charge in [-0.1, -0.05) is 26.7 Å². The predicted molar refractivity (Wildman–Crippen MR) is 103 cm³/mol. The van der Waals surface area contributed by atoms with E-state index in [9.17, 15) is 9.59 Å². The molecule has 0 aliphatic heterocycles. The zero-order valence-corrected chi connectivity index (χ0v) is 16.4. The van der Waals surface area contributed by atoms with Crippen LogP contribution in [0, 0.1) is 25.7 Å². The Hall–Kier alpha value is -2.50. The number of ether oxygens (including phenoxy) is 1. The van der Waals surface area contributed by atoms with Crippen LogP contribution < -0.4 is 5.32 Å². The van der Waals surface area contributed by atoms with Crippen molar-refractivity contribution in [3.8, 4) is 0 Å². The maximum atomic E-state index is 12.3. The maximum Gasteiger partial charge on any atom is 0.338 e. The molecule has 1 amide bonds. The Morgan fingerprint density at radius 3 is 2.56 bits per heavy atom. The van der Waals surface area contributed by atoms with Gasteiger partial charge in [0.1, 0.15) is 0 Å². The maximum absolute atomic E-state index is 12.3. The third-order valence-corrected chi connectivity index (χ3v) is 5.70. The number of aromatic nitrogens is 2. The van der Waals surface area contributed by atoms with Gasteiger partial charge in [-0.25, -0.2) is 14.8 Å². The molecule has 3 atom stereocenters. The van der Waals surface area contributed by atoms with Crippen molar-refractivity contribution < 1.29 is 14.3 Å². The summed E-state index contributed by atoms with van der Waals surface area (Å²) in [5.74, 6) is 0.250. The van der Waals surface area contributed by atoms with Gasteiger partial charge in [-0.15, -0.1) is 0 Å². The van der Waals surface area contributed by atoms with Gasteiger partial charge < -0.3 is 10.1 Å². The van der Waals surface area contributed by atoms with E-state index in [2.05, 4.69) is 29.1 Å². The SMILES string of the molecule is Cc1nc2ccc(C(=O)OCC(=O)N[C@@H]3CCC[C@H](C)[C@@H]3C)cc2nc1C. The highest BCUT2D eigenvalue weighted by Crippen LogP contribution is 2.29. The summed E-state index contributed by atoms with van der Waals surface area (Å²) in [6, 6.07) is 5.20. The molecule has 2 aromatic rings. The Kier molecular flexibility index (Phi) is 5.73. The molecule has 27 heavy (non-hydrogen) atoms. The third kappa shape index (κ3) is 4.43. The van der Waals surface area contributed by atoms with Crippen molar-refractivity contribution in [3.63, 3.8) is 0 Å². The van der Waals surface area contributed by atoms with Crippen molar-refractivity contribution in [2.24, 2.45) is 11.8 Å². The summed E-state index contributed by atoms with van der Waals surface area (Å²) in [5, 5.41) is 3.01. The number of fused-ring (bicyclic) bond motifs is 1. The van der Waals surface area contributed by atoms with Gasteiger partial charge in [0.2, 0.25) is 0 Å². The fourth-order valence-electron chi connectivity index (χ4n) is 3.61. The molecule has 0 bridgehead atoms. The van der Waals surface area contributed by atoms with E-state index in [0.717, 1.165) is 29.7 Å². The number of benzene rings is 1. The molecule has 6 nitrogen and oxygen atoms in total. The molecular formula is C21H27N3O3. The van der Waals surface area contributed by atoms with Crippen molar-refractivity contribution in [2.45, 2.75) is 53.0 Å². The van der Waals surface area contributed by atoms with Gasteiger partial charge in [-0.05, 0) is 50.3 Å². The van der Waals surface area contributed by atoms with Gasteiger partial charge in [-0.2, -0.15) is 0 Å². The first kappa shape index (κ1) is 19.3. The second-order valence-corrected chi connectivity index (χ2v) is 7.62. The van der Waals surface area contributed by atoms with Crippen LogP contribution in [0.1, 0.15) is 54.9 Å². The van der Waals surface area contributed by atoms with Gasteiger partial charge >= 0.3 is 5.97 Å². The summed E-state index contributed by atoms with van der Waals surface area (Å²) < 4.78 is 5.20. The van der Waals surface area contributed by atoms with E-state index in [4.69, 9.17) is 4.74 Å². The lowest BCUT2D eigenvalue weighted by Gasteiger charge is -2.34. The summed E-state index contributed by atoms with van der Waals surface area (Å²) in [6.45, 7) is 7.89. The van der Waals surface area contributed by atoms with Crippen LogP contribution in [-0.2, 0) is 9.53 Å². The van der Waals surface area contributed by atoms with E-state index in [1.54, 1.807) is 18.2 Å². The van der Waals surface area contributed by atoms with Crippen LogP contribution in [-0.4, -0.2) is 34.5 Å². The molecule has 0 unspecified atom stereocenters. The minimum atomic E-state index is -0.530. The predicted octanol–water partition coefficient (Wildman–Crippen LogP) is 3.34. The highest BCUT2D eigenvalue weighted by atomic mass is 16.5. The topological polar surface area (TPSA) is 81.2 Å². The van der Waals surface area contributed by atoms with Crippen LogP contribution in [0.15, 0.2) is 18.2 Å². The minimum absolute atomic E-state index is 0.155. The van der Waals surface area contributed by atoms with Gasteiger partial charge in [0.05, 0.1) is 28.0 Å².